The molecule has 1 fully saturated rings. The number of amides is 1. The Morgan fingerprint density at radius 1 is 1.06 bits per heavy atom. The van der Waals surface area contributed by atoms with E-state index in [1.165, 1.54) is 11.4 Å². The first-order valence-corrected chi connectivity index (χ1v) is 11.6. The molecule has 8 nitrogen and oxygen atoms in total. The van der Waals surface area contributed by atoms with E-state index in [2.05, 4.69) is 5.32 Å². The van der Waals surface area contributed by atoms with Crippen molar-refractivity contribution >= 4 is 15.9 Å². The number of nitrogens with zero attached hydrogens (tertiary/aromatic N) is 1. The molecule has 2 aliphatic rings. The molecule has 0 bridgehead atoms. The number of methoxy groups -OCH3 is 1. The fourth-order valence-corrected chi connectivity index (χ4v) is 5.50. The predicted octanol–water partition coefficient (Wildman–Crippen LogP) is 2.62. The topological polar surface area (TPSA) is 94.2 Å². The van der Waals surface area contributed by atoms with Crippen LogP contribution < -0.4 is 19.5 Å². The number of aryl methyl sites for hydroxylation is 2. The van der Waals surface area contributed by atoms with E-state index in [-0.39, 0.29) is 23.6 Å². The fraction of sp³-hybridized carbons (Fsp3) is 0.409. The van der Waals surface area contributed by atoms with Crippen molar-refractivity contribution in [2.24, 2.45) is 0 Å². The predicted molar refractivity (Wildman–Crippen MR) is 114 cm³/mol. The van der Waals surface area contributed by atoms with Gasteiger partial charge in [-0.3, -0.25) is 4.79 Å². The summed E-state index contributed by atoms with van der Waals surface area (Å²) >= 11 is 0. The van der Waals surface area contributed by atoms with Crippen LogP contribution in [0.5, 0.6) is 17.2 Å². The number of hydrogen-bond acceptors (Lipinski definition) is 6. The molecule has 0 unspecified atom stereocenters. The molecule has 2 aromatic rings. The molecule has 1 amide bonds. The number of benzene rings is 2. The third-order valence-electron chi connectivity index (χ3n) is 5.82. The summed E-state index contributed by atoms with van der Waals surface area (Å²) in [5.41, 5.74) is 2.35. The van der Waals surface area contributed by atoms with Crippen LogP contribution in [0.2, 0.25) is 0 Å². The molecule has 1 N–H and O–H groups in total. The average Bonchev–Trinajstić information content (AvgIpc) is 3.23. The van der Waals surface area contributed by atoms with Gasteiger partial charge in [-0.2, -0.15) is 4.31 Å². The third-order valence-corrected chi connectivity index (χ3v) is 7.74. The lowest BCUT2D eigenvalue weighted by Crippen LogP contribution is -2.46. The summed E-state index contributed by atoms with van der Waals surface area (Å²) < 4.78 is 43.8. The Balaban J connectivity index is 1.41. The highest BCUT2D eigenvalue weighted by molar-refractivity contribution is 7.89. The zero-order chi connectivity index (χ0) is 22.2. The zero-order valence-corrected chi connectivity index (χ0v) is 18.6. The number of fused-ring (bicyclic) bond motifs is 1. The number of carbonyl (C=O) groups excluding carboxylic acids is 1. The maximum atomic E-state index is 13.2. The summed E-state index contributed by atoms with van der Waals surface area (Å²) in [6.07, 6.45) is 1.06. The number of nitrogens with one attached hydrogen (secondary N) is 1. The summed E-state index contributed by atoms with van der Waals surface area (Å²) in [5, 5.41) is 3.00. The van der Waals surface area contributed by atoms with Crippen molar-refractivity contribution in [1.82, 2.24) is 9.62 Å². The van der Waals surface area contributed by atoms with Crippen molar-refractivity contribution in [3.63, 3.8) is 0 Å². The van der Waals surface area contributed by atoms with Gasteiger partial charge in [-0.15, -0.1) is 0 Å². The first-order valence-electron chi connectivity index (χ1n) is 10.2. The zero-order valence-electron chi connectivity index (χ0n) is 17.8. The van der Waals surface area contributed by atoms with Crippen molar-refractivity contribution in [1.29, 1.82) is 0 Å². The van der Waals surface area contributed by atoms with Crippen molar-refractivity contribution in [3.8, 4) is 17.2 Å². The molecule has 166 valence electrons. The molecule has 0 radical (unpaired) electrons. The summed E-state index contributed by atoms with van der Waals surface area (Å²) in [6.45, 7) is 4.60. The van der Waals surface area contributed by atoms with Crippen molar-refractivity contribution in [3.05, 3.63) is 47.0 Å². The minimum Gasteiger partial charge on any atom is -0.495 e. The maximum absolute atomic E-state index is 13.2. The highest BCUT2D eigenvalue weighted by atomic mass is 32.2. The molecule has 0 aromatic heterocycles. The summed E-state index contributed by atoms with van der Waals surface area (Å²) in [4.78, 5) is 12.8. The van der Waals surface area contributed by atoms with Crippen LogP contribution in [0.4, 0.5) is 0 Å². The number of ether oxygens (including phenoxy) is 3. The van der Waals surface area contributed by atoms with Crippen LogP contribution >= 0.6 is 0 Å². The van der Waals surface area contributed by atoms with Gasteiger partial charge in [-0.1, -0.05) is 0 Å². The van der Waals surface area contributed by atoms with Gasteiger partial charge in [0, 0.05) is 24.7 Å². The van der Waals surface area contributed by atoms with E-state index in [9.17, 15) is 13.2 Å². The maximum Gasteiger partial charge on any atom is 0.251 e. The second-order valence-corrected chi connectivity index (χ2v) is 9.71. The minimum absolute atomic E-state index is 0.106. The second kappa shape index (κ2) is 8.39. The van der Waals surface area contributed by atoms with Crippen molar-refractivity contribution in [2.45, 2.75) is 37.6 Å². The SMILES string of the molecule is COc1cc(C)c(C)cc1S(=O)(=O)N1CCC(NC(=O)c2ccc3c(c2)OCO3)CC1. The van der Waals surface area contributed by atoms with Gasteiger partial charge in [0.05, 0.1) is 7.11 Å². The highest BCUT2D eigenvalue weighted by Crippen LogP contribution is 2.33. The lowest BCUT2D eigenvalue weighted by molar-refractivity contribution is 0.0923. The van der Waals surface area contributed by atoms with Gasteiger partial charge >= 0.3 is 0 Å². The lowest BCUT2D eigenvalue weighted by atomic mass is 10.1. The van der Waals surface area contributed by atoms with Gasteiger partial charge in [0.2, 0.25) is 16.8 Å². The highest BCUT2D eigenvalue weighted by Gasteiger charge is 2.32. The molecule has 0 saturated carbocycles. The summed E-state index contributed by atoms with van der Waals surface area (Å²) in [5.74, 6) is 1.31. The number of sulfonamides is 1. The Morgan fingerprint density at radius 2 is 1.74 bits per heavy atom. The largest absolute Gasteiger partial charge is 0.495 e. The fourth-order valence-electron chi connectivity index (χ4n) is 3.81. The molecule has 1 saturated heterocycles. The second-order valence-electron chi connectivity index (χ2n) is 7.81. The Bertz CT molecular complexity index is 1110. The number of carbonyl (C=O) groups is 1. The molecule has 0 atom stereocenters. The van der Waals surface area contributed by atoms with Gasteiger partial charge in [-0.25, -0.2) is 8.42 Å². The minimum atomic E-state index is -3.69. The molecule has 31 heavy (non-hydrogen) atoms. The van der Waals surface area contributed by atoms with Crippen LogP contribution in [0, 0.1) is 13.8 Å². The van der Waals surface area contributed by atoms with Crippen LogP contribution in [0.1, 0.15) is 34.3 Å². The Labute approximate surface area is 182 Å². The van der Waals surface area contributed by atoms with Crippen LogP contribution in [0.25, 0.3) is 0 Å². The number of rotatable bonds is 5. The average molecular weight is 447 g/mol. The molecule has 2 aromatic carbocycles. The third kappa shape index (κ3) is 4.20. The van der Waals surface area contributed by atoms with Gasteiger partial charge < -0.3 is 19.5 Å². The molecule has 0 spiro atoms. The summed E-state index contributed by atoms with van der Waals surface area (Å²) in [7, 11) is -2.22. The molecule has 4 rings (SSSR count). The molecular formula is C22H26N2O6S. The van der Waals surface area contributed by atoms with Gasteiger partial charge in [0.15, 0.2) is 11.5 Å². The standard InChI is InChI=1S/C22H26N2O6S/c1-14-10-20(28-3)21(11-15(14)2)31(26,27)24-8-6-17(7-9-24)23-22(25)16-4-5-18-19(12-16)30-13-29-18/h4-5,10-12,17H,6-9,13H2,1-3H3,(H,23,25). The van der Waals surface area contributed by atoms with Gasteiger partial charge in [0.1, 0.15) is 10.6 Å². The van der Waals surface area contributed by atoms with E-state index in [1.54, 1.807) is 30.3 Å². The quantitative estimate of drug-likeness (QED) is 0.759. The molecular weight excluding hydrogens is 420 g/mol. The summed E-state index contributed by atoms with van der Waals surface area (Å²) in [6, 6.07) is 8.37. The lowest BCUT2D eigenvalue weighted by Gasteiger charge is -2.32. The number of piperidine rings is 1. The monoisotopic (exact) mass is 446 g/mol. The van der Waals surface area contributed by atoms with Crippen molar-refractivity contribution < 1.29 is 27.4 Å². The van der Waals surface area contributed by atoms with E-state index < -0.39 is 10.0 Å². The van der Waals surface area contributed by atoms with E-state index in [0.717, 1.165) is 11.1 Å². The van der Waals surface area contributed by atoms with E-state index in [1.807, 2.05) is 13.8 Å². The Hall–Kier alpha value is -2.78. The van der Waals surface area contributed by atoms with Crippen LogP contribution in [0.3, 0.4) is 0 Å². The van der Waals surface area contributed by atoms with Gasteiger partial charge in [-0.05, 0) is 68.1 Å². The first kappa shape index (κ1) is 21.5. The van der Waals surface area contributed by atoms with E-state index in [0.29, 0.717) is 48.7 Å². The Kier molecular flexibility index (Phi) is 5.81. The normalized spacial score (nSPS) is 16.9. The molecule has 0 aliphatic carbocycles. The molecule has 2 heterocycles. The first-order chi connectivity index (χ1) is 14.8. The van der Waals surface area contributed by atoms with E-state index >= 15 is 0 Å². The van der Waals surface area contributed by atoms with Gasteiger partial charge in [0.25, 0.3) is 5.91 Å². The van der Waals surface area contributed by atoms with Crippen molar-refractivity contribution in [2.75, 3.05) is 27.0 Å². The Morgan fingerprint density at radius 3 is 2.45 bits per heavy atom. The van der Waals surface area contributed by atoms with Crippen LogP contribution in [-0.4, -0.2) is 51.7 Å². The van der Waals surface area contributed by atoms with Crippen LogP contribution in [0.15, 0.2) is 35.2 Å². The van der Waals surface area contributed by atoms with Crippen LogP contribution in [-0.2, 0) is 10.0 Å². The van der Waals surface area contributed by atoms with E-state index in [4.69, 9.17) is 14.2 Å². The smallest absolute Gasteiger partial charge is 0.251 e. The number of hydrogen-bond donors (Lipinski definition) is 1. The molecule has 9 heteroatoms. The molecule has 2 aliphatic heterocycles.